The summed E-state index contributed by atoms with van der Waals surface area (Å²) in [7, 11) is 1.01. The smallest absolute Gasteiger partial charge is 0.416 e. The molecule has 0 atom stereocenters. The summed E-state index contributed by atoms with van der Waals surface area (Å²) in [6.07, 6.45) is -1.20. The molecule has 0 aliphatic rings. The molecule has 3 aromatic carbocycles. The Balaban J connectivity index is 1.64. The SMILES string of the molecule is COc1ccc(CN(C)S(=O)(=O)/C=C/c2cc(-c3ccc(C(F)(F)F)cc3)cc3cn(C)nc23)cc1. The number of rotatable bonds is 7. The molecule has 188 valence electrons. The number of aromatic nitrogens is 2. The maximum Gasteiger partial charge on any atom is 0.416 e. The van der Waals surface area contributed by atoms with Gasteiger partial charge in [0.1, 0.15) is 5.75 Å². The van der Waals surface area contributed by atoms with E-state index in [0.717, 1.165) is 28.5 Å². The average molecular weight is 516 g/mol. The Hall–Kier alpha value is -3.63. The molecule has 1 aromatic heterocycles. The highest BCUT2D eigenvalue weighted by atomic mass is 32.2. The zero-order valence-electron chi connectivity index (χ0n) is 19.8. The summed E-state index contributed by atoms with van der Waals surface area (Å²) >= 11 is 0. The first kappa shape index (κ1) is 25.5. The van der Waals surface area contributed by atoms with Crippen molar-refractivity contribution in [3.8, 4) is 16.9 Å². The molecular weight excluding hydrogens is 491 g/mol. The van der Waals surface area contributed by atoms with Crippen LogP contribution in [-0.2, 0) is 29.8 Å². The van der Waals surface area contributed by atoms with E-state index in [-0.39, 0.29) is 6.54 Å². The molecule has 4 rings (SSSR count). The Kier molecular flexibility index (Phi) is 6.92. The molecule has 0 aliphatic carbocycles. The predicted octanol–water partition coefficient (Wildman–Crippen LogP) is 5.70. The quantitative estimate of drug-likeness (QED) is 0.317. The van der Waals surface area contributed by atoms with Gasteiger partial charge in [-0.2, -0.15) is 22.6 Å². The van der Waals surface area contributed by atoms with Gasteiger partial charge < -0.3 is 4.74 Å². The van der Waals surface area contributed by atoms with Crippen molar-refractivity contribution >= 4 is 27.0 Å². The van der Waals surface area contributed by atoms with E-state index in [1.165, 1.54) is 29.6 Å². The highest BCUT2D eigenvalue weighted by Gasteiger charge is 2.30. The van der Waals surface area contributed by atoms with Crippen molar-refractivity contribution in [1.82, 2.24) is 14.1 Å². The number of hydrogen-bond acceptors (Lipinski definition) is 4. The normalized spacial score (nSPS) is 12.6. The zero-order valence-corrected chi connectivity index (χ0v) is 20.6. The van der Waals surface area contributed by atoms with E-state index < -0.39 is 21.8 Å². The minimum absolute atomic E-state index is 0.168. The van der Waals surface area contributed by atoms with E-state index in [1.54, 1.807) is 55.4 Å². The van der Waals surface area contributed by atoms with Crippen LogP contribution in [0, 0.1) is 0 Å². The number of benzene rings is 3. The number of fused-ring (bicyclic) bond motifs is 1. The Morgan fingerprint density at radius 2 is 1.69 bits per heavy atom. The molecule has 0 aliphatic heterocycles. The lowest BCUT2D eigenvalue weighted by Gasteiger charge is -2.15. The molecule has 0 spiro atoms. The fraction of sp³-hybridized carbons (Fsp3) is 0.192. The van der Waals surface area contributed by atoms with E-state index in [2.05, 4.69) is 5.10 Å². The summed E-state index contributed by atoms with van der Waals surface area (Å²) in [6, 6.07) is 15.5. The van der Waals surface area contributed by atoms with E-state index in [9.17, 15) is 21.6 Å². The van der Waals surface area contributed by atoms with Gasteiger partial charge in [0.2, 0.25) is 10.0 Å². The second-order valence-corrected chi connectivity index (χ2v) is 10.3. The Labute approximate surface area is 207 Å². The Bertz CT molecular complexity index is 1510. The molecule has 0 N–H and O–H groups in total. The van der Waals surface area contributed by atoms with E-state index in [4.69, 9.17) is 4.74 Å². The number of sulfonamides is 1. The molecule has 1 heterocycles. The molecule has 4 aromatic rings. The number of ether oxygens (including phenoxy) is 1. The first-order valence-corrected chi connectivity index (χ1v) is 12.4. The summed E-state index contributed by atoms with van der Waals surface area (Å²) in [4.78, 5) is 0. The number of hydrogen-bond donors (Lipinski definition) is 0. The van der Waals surface area contributed by atoms with Gasteiger partial charge in [0, 0.05) is 43.2 Å². The number of alkyl halides is 3. The maximum atomic E-state index is 13.0. The standard InChI is InChI=1S/C26H24F3N3O3S/c1-31-17-22-15-21(19-6-8-23(9-7-19)26(27,28)29)14-20(25(22)30-31)12-13-36(33,34)32(2)16-18-4-10-24(35-3)11-5-18/h4-15,17H,16H2,1-3H3/b13-12+. The Morgan fingerprint density at radius 1 is 1.03 bits per heavy atom. The monoisotopic (exact) mass is 515 g/mol. The molecule has 0 fully saturated rings. The first-order valence-electron chi connectivity index (χ1n) is 10.9. The number of nitrogens with zero attached hydrogens (tertiary/aromatic N) is 3. The molecule has 36 heavy (non-hydrogen) atoms. The van der Waals surface area contributed by atoms with Crippen molar-refractivity contribution in [1.29, 1.82) is 0 Å². The molecule has 0 bridgehead atoms. The van der Waals surface area contributed by atoms with Gasteiger partial charge in [-0.25, -0.2) is 8.42 Å². The zero-order chi connectivity index (χ0) is 26.1. The van der Waals surface area contributed by atoms with Crippen molar-refractivity contribution in [2.75, 3.05) is 14.2 Å². The van der Waals surface area contributed by atoms with Crippen LogP contribution in [-0.4, -0.2) is 36.7 Å². The summed E-state index contributed by atoms with van der Waals surface area (Å²) in [6.45, 7) is 0.168. The number of aryl methyl sites for hydroxylation is 1. The van der Waals surface area contributed by atoms with Gasteiger partial charge in [-0.1, -0.05) is 24.3 Å². The third-order valence-corrected chi connectivity index (χ3v) is 7.19. The van der Waals surface area contributed by atoms with Crippen LogP contribution in [0.1, 0.15) is 16.7 Å². The van der Waals surface area contributed by atoms with Crippen molar-refractivity contribution < 1.29 is 26.3 Å². The summed E-state index contributed by atoms with van der Waals surface area (Å²) < 4.78 is 72.7. The fourth-order valence-corrected chi connectivity index (χ4v) is 4.62. The third-order valence-electron chi connectivity index (χ3n) is 5.72. The van der Waals surface area contributed by atoms with Crippen molar-refractivity contribution in [2.45, 2.75) is 12.7 Å². The highest BCUT2D eigenvalue weighted by molar-refractivity contribution is 7.92. The predicted molar refractivity (Wildman–Crippen MR) is 134 cm³/mol. The minimum Gasteiger partial charge on any atom is -0.497 e. The van der Waals surface area contributed by atoms with Crippen molar-refractivity contribution in [3.63, 3.8) is 0 Å². The summed E-state index contributed by atoms with van der Waals surface area (Å²) in [5, 5.41) is 6.26. The van der Waals surface area contributed by atoms with Crippen LogP contribution in [0.15, 0.2) is 72.3 Å². The molecule has 0 amide bonds. The van der Waals surface area contributed by atoms with Crippen LogP contribution < -0.4 is 4.74 Å². The van der Waals surface area contributed by atoms with Gasteiger partial charge in [-0.3, -0.25) is 4.68 Å². The lowest BCUT2D eigenvalue weighted by molar-refractivity contribution is -0.137. The molecule has 6 nitrogen and oxygen atoms in total. The second-order valence-electron chi connectivity index (χ2n) is 8.33. The van der Waals surface area contributed by atoms with Crippen LogP contribution in [0.25, 0.3) is 28.1 Å². The van der Waals surface area contributed by atoms with E-state index in [1.807, 2.05) is 6.07 Å². The van der Waals surface area contributed by atoms with Crippen LogP contribution in [0.2, 0.25) is 0 Å². The van der Waals surface area contributed by atoms with Crippen LogP contribution in [0.3, 0.4) is 0 Å². The maximum absolute atomic E-state index is 13.0. The average Bonchev–Trinajstić information content (AvgIpc) is 3.22. The molecular formula is C26H24F3N3O3S. The lowest BCUT2D eigenvalue weighted by atomic mass is 9.99. The minimum atomic E-state index is -4.42. The topological polar surface area (TPSA) is 64.4 Å². The van der Waals surface area contributed by atoms with Crippen LogP contribution in [0.4, 0.5) is 13.2 Å². The molecule has 0 unspecified atom stereocenters. The van der Waals surface area contributed by atoms with Gasteiger partial charge in [0.05, 0.1) is 18.2 Å². The van der Waals surface area contributed by atoms with Gasteiger partial charge in [0.25, 0.3) is 0 Å². The second kappa shape index (κ2) is 9.79. The van der Waals surface area contributed by atoms with Crippen LogP contribution >= 0.6 is 0 Å². The fourth-order valence-electron chi connectivity index (χ4n) is 3.77. The molecule has 0 saturated heterocycles. The largest absolute Gasteiger partial charge is 0.497 e. The summed E-state index contributed by atoms with van der Waals surface area (Å²) in [5.74, 6) is 0.677. The molecule has 0 radical (unpaired) electrons. The van der Waals surface area contributed by atoms with E-state index >= 15 is 0 Å². The van der Waals surface area contributed by atoms with Gasteiger partial charge in [0.15, 0.2) is 0 Å². The molecule has 0 saturated carbocycles. The molecule has 10 heteroatoms. The van der Waals surface area contributed by atoms with Gasteiger partial charge in [-0.15, -0.1) is 0 Å². The van der Waals surface area contributed by atoms with Crippen molar-refractivity contribution in [3.05, 3.63) is 89.0 Å². The number of methoxy groups -OCH3 is 1. The van der Waals surface area contributed by atoms with E-state index in [0.29, 0.717) is 28.0 Å². The highest BCUT2D eigenvalue weighted by Crippen LogP contribution is 2.33. The first-order chi connectivity index (χ1) is 17.0. The van der Waals surface area contributed by atoms with Gasteiger partial charge in [-0.05, 0) is 59.2 Å². The third kappa shape index (κ3) is 5.60. The van der Waals surface area contributed by atoms with Crippen molar-refractivity contribution in [2.24, 2.45) is 7.05 Å². The Morgan fingerprint density at radius 3 is 2.31 bits per heavy atom. The van der Waals surface area contributed by atoms with Crippen LogP contribution in [0.5, 0.6) is 5.75 Å². The summed E-state index contributed by atoms with van der Waals surface area (Å²) in [5.41, 5.74) is 2.39. The number of halogens is 3. The van der Waals surface area contributed by atoms with Gasteiger partial charge >= 0.3 is 6.18 Å². The lowest BCUT2D eigenvalue weighted by Crippen LogP contribution is -2.24.